The Bertz CT molecular complexity index is 465. The Morgan fingerprint density at radius 2 is 2.24 bits per heavy atom. The van der Waals surface area contributed by atoms with Gasteiger partial charge in [-0.15, -0.1) is 0 Å². The average molecular weight is 321 g/mol. The van der Waals surface area contributed by atoms with Crippen molar-refractivity contribution >= 4 is 38.5 Å². The van der Waals surface area contributed by atoms with E-state index in [1.54, 1.807) is 11.8 Å². The summed E-state index contributed by atoms with van der Waals surface area (Å²) < 4.78 is 26.7. The van der Waals surface area contributed by atoms with E-state index >= 15 is 0 Å². The number of hydrogen-bond acceptors (Lipinski definition) is 3. The van der Waals surface area contributed by atoms with E-state index < -0.39 is 11.6 Å². The molecule has 1 aromatic rings. The van der Waals surface area contributed by atoms with Gasteiger partial charge in [-0.2, -0.15) is 0 Å². The van der Waals surface area contributed by atoms with E-state index in [2.05, 4.69) is 33.2 Å². The van der Waals surface area contributed by atoms with Crippen LogP contribution in [-0.2, 0) is 0 Å². The summed E-state index contributed by atoms with van der Waals surface area (Å²) in [5.41, 5.74) is 0.237. The fraction of sp³-hybridized carbons (Fsp3) is 0.364. The van der Waals surface area contributed by atoms with Crippen molar-refractivity contribution in [3.63, 3.8) is 0 Å². The topological polar surface area (TPSA) is 24.4 Å². The van der Waals surface area contributed by atoms with Gasteiger partial charge in [-0.05, 0) is 28.4 Å². The van der Waals surface area contributed by atoms with Gasteiger partial charge in [-0.25, -0.2) is 8.78 Å². The molecule has 1 aliphatic rings. The first-order chi connectivity index (χ1) is 8.10. The van der Waals surface area contributed by atoms with Crippen LogP contribution in [0.5, 0.6) is 0 Å². The van der Waals surface area contributed by atoms with E-state index in [1.165, 1.54) is 6.07 Å². The maximum Gasteiger partial charge on any atom is 0.161 e. The molecule has 0 radical (unpaired) electrons. The zero-order valence-corrected chi connectivity index (χ0v) is 11.5. The predicted molar refractivity (Wildman–Crippen MR) is 71.7 cm³/mol. The monoisotopic (exact) mass is 320 g/mol. The largest absolute Gasteiger partial charge is 0.333 e. The number of rotatable bonds is 2. The summed E-state index contributed by atoms with van der Waals surface area (Å²) in [4.78, 5) is 4.39. The van der Waals surface area contributed by atoms with E-state index in [9.17, 15) is 8.78 Å². The van der Waals surface area contributed by atoms with Gasteiger partial charge in [-0.3, -0.25) is 4.99 Å². The maximum absolute atomic E-state index is 13.5. The van der Waals surface area contributed by atoms with Crippen LogP contribution >= 0.6 is 27.7 Å². The Hall–Kier alpha value is -0.620. The molecule has 0 fully saturated rings. The smallest absolute Gasteiger partial charge is 0.161 e. The molecular formula is C11H11BrF2N2S. The van der Waals surface area contributed by atoms with Crippen molar-refractivity contribution in [2.75, 3.05) is 11.1 Å². The van der Waals surface area contributed by atoms with Crippen molar-refractivity contribution in [2.24, 2.45) is 4.99 Å². The summed E-state index contributed by atoms with van der Waals surface area (Å²) in [5, 5.41) is 3.57. The number of halogens is 3. The molecule has 1 aliphatic heterocycles. The third kappa shape index (κ3) is 2.98. The molecular weight excluding hydrogens is 310 g/mol. The predicted octanol–water partition coefficient (Wildman–Crippen LogP) is 4.02. The van der Waals surface area contributed by atoms with E-state index in [0.29, 0.717) is 5.17 Å². The lowest BCUT2D eigenvalue weighted by molar-refractivity contribution is 0.582. The van der Waals surface area contributed by atoms with Crippen molar-refractivity contribution in [1.29, 1.82) is 0 Å². The third-order valence-electron chi connectivity index (χ3n) is 2.44. The van der Waals surface area contributed by atoms with Gasteiger partial charge in [0.2, 0.25) is 0 Å². The fourth-order valence-corrected chi connectivity index (χ4v) is 2.84. The Morgan fingerprint density at radius 1 is 1.47 bits per heavy atom. The summed E-state index contributed by atoms with van der Waals surface area (Å²) in [5.74, 6) is -0.322. The Kier molecular flexibility index (Phi) is 4.04. The van der Waals surface area contributed by atoms with Crippen LogP contribution in [0.15, 0.2) is 21.6 Å². The number of nitrogens with one attached hydrogen (secondary N) is 1. The number of aliphatic imine (C=N–C) groups is 1. The number of thioether (sulfide) groups is 1. The molecule has 1 N–H and O–H groups in total. The first-order valence-corrected chi connectivity index (χ1v) is 7.00. The molecule has 0 spiro atoms. The highest BCUT2D eigenvalue weighted by atomic mass is 79.9. The van der Waals surface area contributed by atoms with Gasteiger partial charge in [-0.1, -0.05) is 18.7 Å². The summed E-state index contributed by atoms with van der Waals surface area (Å²) in [6, 6.07) is 2.52. The van der Waals surface area contributed by atoms with Crippen LogP contribution < -0.4 is 5.32 Å². The normalized spacial score (nSPS) is 19.3. The second-order valence-electron chi connectivity index (χ2n) is 3.68. The molecule has 0 amide bonds. The Labute approximate surface area is 111 Å². The molecule has 1 heterocycles. The molecule has 0 saturated heterocycles. The van der Waals surface area contributed by atoms with Crippen LogP contribution in [0.3, 0.4) is 0 Å². The van der Waals surface area contributed by atoms with Crippen LogP contribution in [0.1, 0.15) is 13.3 Å². The minimum atomic E-state index is -0.617. The SMILES string of the molecule is CCC1CSC(Nc2cc(Br)c(F)cc2F)=N1. The van der Waals surface area contributed by atoms with Gasteiger partial charge in [0.25, 0.3) is 0 Å². The zero-order valence-electron chi connectivity index (χ0n) is 9.14. The number of nitrogens with zero attached hydrogens (tertiary/aromatic N) is 1. The number of hydrogen-bond donors (Lipinski definition) is 1. The highest BCUT2D eigenvalue weighted by molar-refractivity contribution is 9.10. The lowest BCUT2D eigenvalue weighted by Crippen LogP contribution is -2.07. The molecule has 0 aliphatic carbocycles. The van der Waals surface area contributed by atoms with Crippen molar-refractivity contribution in [2.45, 2.75) is 19.4 Å². The van der Waals surface area contributed by atoms with Gasteiger partial charge in [0.15, 0.2) is 5.17 Å². The van der Waals surface area contributed by atoms with Crippen LogP contribution in [-0.4, -0.2) is 17.0 Å². The third-order valence-corrected chi connectivity index (χ3v) is 4.08. The summed E-state index contributed by atoms with van der Waals surface area (Å²) in [7, 11) is 0. The molecule has 17 heavy (non-hydrogen) atoms. The number of amidine groups is 1. The molecule has 1 aromatic carbocycles. The van der Waals surface area contributed by atoms with Crippen molar-refractivity contribution in [3.8, 4) is 0 Å². The van der Waals surface area contributed by atoms with E-state index in [1.807, 2.05) is 0 Å². The van der Waals surface area contributed by atoms with E-state index in [0.717, 1.165) is 18.2 Å². The lowest BCUT2D eigenvalue weighted by atomic mass is 10.3. The Morgan fingerprint density at radius 3 is 2.88 bits per heavy atom. The van der Waals surface area contributed by atoms with Crippen LogP contribution in [0.2, 0.25) is 0 Å². The van der Waals surface area contributed by atoms with E-state index in [-0.39, 0.29) is 16.2 Å². The standard InChI is InChI=1S/C11H11BrF2N2S/c1-2-6-5-17-11(15-6)16-10-3-7(12)8(13)4-9(10)14/h3-4,6H,2,5H2,1H3,(H,15,16). The molecule has 6 heteroatoms. The molecule has 0 saturated carbocycles. The summed E-state index contributed by atoms with van der Waals surface area (Å²) >= 11 is 4.58. The van der Waals surface area contributed by atoms with Crippen LogP contribution in [0, 0.1) is 11.6 Å². The number of benzene rings is 1. The fourth-order valence-electron chi connectivity index (χ4n) is 1.43. The van der Waals surface area contributed by atoms with Crippen molar-refractivity contribution in [3.05, 3.63) is 28.2 Å². The van der Waals surface area contributed by atoms with Gasteiger partial charge in [0.05, 0.1) is 16.2 Å². The molecule has 2 rings (SSSR count). The van der Waals surface area contributed by atoms with E-state index in [4.69, 9.17) is 0 Å². The quantitative estimate of drug-likeness (QED) is 0.832. The molecule has 1 unspecified atom stereocenters. The second kappa shape index (κ2) is 5.35. The highest BCUT2D eigenvalue weighted by Crippen LogP contribution is 2.27. The average Bonchev–Trinajstić information content (AvgIpc) is 2.73. The minimum Gasteiger partial charge on any atom is -0.333 e. The maximum atomic E-state index is 13.5. The first-order valence-electron chi connectivity index (χ1n) is 5.22. The van der Waals surface area contributed by atoms with Crippen molar-refractivity contribution < 1.29 is 8.78 Å². The molecule has 0 bridgehead atoms. The summed E-state index contributed by atoms with van der Waals surface area (Å²) in [6.07, 6.45) is 0.966. The zero-order chi connectivity index (χ0) is 12.4. The van der Waals surface area contributed by atoms with Crippen LogP contribution in [0.25, 0.3) is 0 Å². The first kappa shape index (κ1) is 12.8. The van der Waals surface area contributed by atoms with Gasteiger partial charge >= 0.3 is 0 Å². The molecule has 0 aromatic heterocycles. The van der Waals surface area contributed by atoms with Gasteiger partial charge < -0.3 is 5.32 Å². The van der Waals surface area contributed by atoms with Crippen molar-refractivity contribution in [1.82, 2.24) is 0 Å². The van der Waals surface area contributed by atoms with Gasteiger partial charge in [0.1, 0.15) is 11.6 Å². The molecule has 2 nitrogen and oxygen atoms in total. The molecule has 92 valence electrons. The lowest BCUT2D eigenvalue weighted by Gasteiger charge is -2.07. The summed E-state index contributed by atoms with van der Waals surface area (Å²) in [6.45, 7) is 2.06. The number of anilines is 1. The van der Waals surface area contributed by atoms with Gasteiger partial charge in [0, 0.05) is 11.8 Å². The minimum absolute atomic E-state index is 0.233. The Balaban J connectivity index is 2.17. The molecule has 1 atom stereocenters. The van der Waals surface area contributed by atoms with Crippen LogP contribution in [0.4, 0.5) is 14.5 Å². The second-order valence-corrected chi connectivity index (χ2v) is 5.54. The highest BCUT2D eigenvalue weighted by Gasteiger charge is 2.18.